The molecular formula is C17H18Cl2N2O3S. The molecule has 0 unspecified atom stereocenters. The number of likely N-dealkylation sites (N-methyl/N-ethyl adjacent to an activating group) is 1. The normalized spacial score (nSPS) is 11.5. The maximum absolute atomic E-state index is 12.6. The molecule has 2 aromatic rings. The van der Waals surface area contributed by atoms with Gasteiger partial charge in [-0.2, -0.15) is 4.31 Å². The van der Waals surface area contributed by atoms with Crippen molar-refractivity contribution in [3.05, 3.63) is 64.1 Å². The van der Waals surface area contributed by atoms with Crippen LogP contribution in [0.25, 0.3) is 0 Å². The zero-order chi connectivity index (χ0) is 18.4. The fourth-order valence-electron chi connectivity index (χ4n) is 2.14. The molecule has 0 atom stereocenters. The Hall–Kier alpha value is -1.60. The van der Waals surface area contributed by atoms with E-state index in [2.05, 4.69) is 5.32 Å². The average Bonchev–Trinajstić information content (AvgIpc) is 2.59. The van der Waals surface area contributed by atoms with Crippen LogP contribution in [0.15, 0.2) is 53.4 Å². The van der Waals surface area contributed by atoms with Gasteiger partial charge in [-0.05, 0) is 42.0 Å². The van der Waals surface area contributed by atoms with E-state index in [9.17, 15) is 13.2 Å². The van der Waals surface area contributed by atoms with Gasteiger partial charge < -0.3 is 5.32 Å². The second kappa shape index (κ2) is 8.67. The first-order valence-electron chi connectivity index (χ1n) is 7.60. The molecule has 0 saturated heterocycles. The van der Waals surface area contributed by atoms with Gasteiger partial charge in [-0.1, -0.05) is 42.3 Å². The van der Waals surface area contributed by atoms with Crippen LogP contribution in [-0.4, -0.2) is 31.7 Å². The monoisotopic (exact) mass is 400 g/mol. The van der Waals surface area contributed by atoms with E-state index in [0.29, 0.717) is 16.6 Å². The molecule has 2 aromatic carbocycles. The molecule has 0 radical (unpaired) electrons. The van der Waals surface area contributed by atoms with E-state index >= 15 is 0 Å². The van der Waals surface area contributed by atoms with Crippen molar-refractivity contribution in [2.45, 2.75) is 18.4 Å². The highest BCUT2D eigenvalue weighted by atomic mass is 35.5. The molecule has 0 aliphatic heterocycles. The smallest absolute Gasteiger partial charge is 0.243 e. The zero-order valence-electron chi connectivity index (χ0n) is 13.6. The Morgan fingerprint density at radius 2 is 1.52 bits per heavy atom. The van der Waals surface area contributed by atoms with Crippen LogP contribution in [0.4, 0.5) is 0 Å². The standard InChI is InChI=1S/C17H18Cl2N2O3S/c1-2-21(25(23,24)16-9-7-15(19)8-10-16)12-17(22)20-11-13-3-5-14(18)6-4-13/h3-10H,2,11-12H2,1H3,(H,20,22). The van der Waals surface area contributed by atoms with Crippen molar-refractivity contribution in [1.29, 1.82) is 0 Å². The third-order valence-electron chi connectivity index (χ3n) is 3.53. The number of amides is 1. The van der Waals surface area contributed by atoms with Gasteiger partial charge in [0.25, 0.3) is 0 Å². The fourth-order valence-corrected chi connectivity index (χ4v) is 3.80. The number of hydrogen-bond acceptors (Lipinski definition) is 3. The van der Waals surface area contributed by atoms with Crippen molar-refractivity contribution in [3.8, 4) is 0 Å². The highest BCUT2D eigenvalue weighted by Crippen LogP contribution is 2.18. The van der Waals surface area contributed by atoms with Gasteiger partial charge in [0.05, 0.1) is 11.4 Å². The molecule has 0 aromatic heterocycles. The first-order valence-corrected chi connectivity index (χ1v) is 9.79. The summed E-state index contributed by atoms with van der Waals surface area (Å²) in [7, 11) is -3.76. The minimum absolute atomic E-state index is 0.101. The average molecular weight is 401 g/mol. The molecule has 0 aliphatic rings. The Kier molecular flexibility index (Phi) is 6.84. The predicted octanol–water partition coefficient (Wildman–Crippen LogP) is 3.32. The number of hydrogen-bond donors (Lipinski definition) is 1. The quantitative estimate of drug-likeness (QED) is 0.774. The van der Waals surface area contributed by atoms with Crippen molar-refractivity contribution in [1.82, 2.24) is 9.62 Å². The molecule has 0 fully saturated rings. The lowest BCUT2D eigenvalue weighted by atomic mass is 10.2. The first-order chi connectivity index (χ1) is 11.8. The summed E-state index contributed by atoms with van der Waals surface area (Å²) in [4.78, 5) is 12.2. The van der Waals surface area contributed by atoms with Crippen molar-refractivity contribution in [2.24, 2.45) is 0 Å². The Balaban J connectivity index is 2.01. The Morgan fingerprint density at radius 1 is 1.00 bits per heavy atom. The highest BCUT2D eigenvalue weighted by molar-refractivity contribution is 7.89. The summed E-state index contributed by atoms with van der Waals surface area (Å²) in [6.45, 7) is 1.91. The number of halogens is 2. The Bertz CT molecular complexity index is 822. The van der Waals surface area contributed by atoms with Crippen molar-refractivity contribution >= 4 is 39.1 Å². The molecule has 1 amide bonds. The maximum Gasteiger partial charge on any atom is 0.243 e. The van der Waals surface area contributed by atoms with Crippen LogP contribution < -0.4 is 5.32 Å². The van der Waals surface area contributed by atoms with E-state index in [1.165, 1.54) is 24.3 Å². The molecule has 0 aliphatic carbocycles. The molecule has 0 spiro atoms. The molecule has 2 rings (SSSR count). The molecule has 0 bridgehead atoms. The van der Waals surface area contributed by atoms with Gasteiger partial charge in [0, 0.05) is 23.1 Å². The summed E-state index contributed by atoms with van der Waals surface area (Å²) in [6, 6.07) is 12.9. The summed E-state index contributed by atoms with van der Waals surface area (Å²) in [5.74, 6) is -0.380. The number of nitrogens with zero attached hydrogens (tertiary/aromatic N) is 1. The number of carbonyl (C=O) groups is 1. The molecule has 1 N–H and O–H groups in total. The highest BCUT2D eigenvalue weighted by Gasteiger charge is 2.25. The van der Waals surface area contributed by atoms with Gasteiger partial charge in [0.2, 0.25) is 15.9 Å². The summed E-state index contributed by atoms with van der Waals surface area (Å²) in [5, 5.41) is 3.77. The van der Waals surface area contributed by atoms with E-state index < -0.39 is 10.0 Å². The second-order valence-corrected chi connectivity index (χ2v) is 8.10. The van der Waals surface area contributed by atoms with Gasteiger partial charge in [0.1, 0.15) is 0 Å². The van der Waals surface area contributed by atoms with Crippen LogP contribution >= 0.6 is 23.2 Å². The predicted molar refractivity (Wildman–Crippen MR) is 99.2 cm³/mol. The topological polar surface area (TPSA) is 66.5 Å². The lowest BCUT2D eigenvalue weighted by Crippen LogP contribution is -2.40. The summed E-state index contributed by atoms with van der Waals surface area (Å²) in [5.41, 5.74) is 0.876. The largest absolute Gasteiger partial charge is 0.351 e. The lowest BCUT2D eigenvalue weighted by molar-refractivity contribution is -0.121. The minimum atomic E-state index is -3.76. The number of benzene rings is 2. The SMILES string of the molecule is CCN(CC(=O)NCc1ccc(Cl)cc1)S(=O)(=O)c1ccc(Cl)cc1. The summed E-state index contributed by atoms with van der Waals surface area (Å²) in [6.07, 6.45) is 0. The Morgan fingerprint density at radius 3 is 2.04 bits per heavy atom. The van der Waals surface area contributed by atoms with Gasteiger partial charge in [-0.25, -0.2) is 8.42 Å². The van der Waals surface area contributed by atoms with Crippen molar-refractivity contribution in [3.63, 3.8) is 0 Å². The molecule has 5 nitrogen and oxygen atoms in total. The number of carbonyl (C=O) groups excluding carboxylic acids is 1. The molecule has 0 heterocycles. The molecule has 0 saturated carbocycles. The van der Waals surface area contributed by atoms with Crippen LogP contribution in [-0.2, 0) is 21.4 Å². The fraction of sp³-hybridized carbons (Fsp3) is 0.235. The van der Waals surface area contributed by atoms with E-state index in [-0.39, 0.29) is 23.9 Å². The van der Waals surface area contributed by atoms with Crippen LogP contribution in [0.1, 0.15) is 12.5 Å². The third-order valence-corrected chi connectivity index (χ3v) is 5.97. The van der Waals surface area contributed by atoms with Crippen LogP contribution in [0.5, 0.6) is 0 Å². The van der Waals surface area contributed by atoms with E-state index in [1.54, 1.807) is 31.2 Å². The van der Waals surface area contributed by atoms with Crippen molar-refractivity contribution in [2.75, 3.05) is 13.1 Å². The third kappa shape index (κ3) is 5.44. The van der Waals surface area contributed by atoms with E-state index in [4.69, 9.17) is 23.2 Å². The lowest BCUT2D eigenvalue weighted by Gasteiger charge is -2.20. The van der Waals surface area contributed by atoms with E-state index in [1.807, 2.05) is 0 Å². The van der Waals surface area contributed by atoms with Crippen LogP contribution in [0.2, 0.25) is 10.0 Å². The number of rotatable bonds is 7. The second-order valence-electron chi connectivity index (χ2n) is 5.29. The van der Waals surface area contributed by atoms with Crippen LogP contribution in [0, 0.1) is 0 Å². The Labute approximate surface area is 157 Å². The number of sulfonamides is 1. The van der Waals surface area contributed by atoms with Gasteiger partial charge in [-0.3, -0.25) is 4.79 Å². The molecular weight excluding hydrogens is 383 g/mol. The summed E-state index contributed by atoms with van der Waals surface area (Å²) >= 11 is 11.6. The van der Waals surface area contributed by atoms with Gasteiger partial charge in [-0.15, -0.1) is 0 Å². The molecule has 25 heavy (non-hydrogen) atoms. The van der Waals surface area contributed by atoms with Gasteiger partial charge in [0.15, 0.2) is 0 Å². The number of nitrogens with one attached hydrogen (secondary N) is 1. The maximum atomic E-state index is 12.6. The van der Waals surface area contributed by atoms with Crippen LogP contribution in [0.3, 0.4) is 0 Å². The molecule has 8 heteroatoms. The zero-order valence-corrected chi connectivity index (χ0v) is 15.9. The minimum Gasteiger partial charge on any atom is -0.351 e. The molecule has 134 valence electrons. The van der Waals surface area contributed by atoms with E-state index in [0.717, 1.165) is 9.87 Å². The van der Waals surface area contributed by atoms with Gasteiger partial charge >= 0.3 is 0 Å². The summed E-state index contributed by atoms with van der Waals surface area (Å²) < 4.78 is 26.3. The first kappa shape index (κ1) is 19.7. The van der Waals surface area contributed by atoms with Crippen molar-refractivity contribution < 1.29 is 13.2 Å².